The smallest absolute Gasteiger partial charge is 0.192 e. The largest absolute Gasteiger partial charge is 0.366 e. The van der Waals surface area contributed by atoms with Crippen molar-refractivity contribution in [3.05, 3.63) is 38.9 Å². The van der Waals surface area contributed by atoms with E-state index >= 15 is 4.39 Å². The molecule has 1 saturated carbocycles. The van der Waals surface area contributed by atoms with Gasteiger partial charge in [-0.15, -0.1) is 0 Å². The first-order chi connectivity index (χ1) is 12.5. The van der Waals surface area contributed by atoms with Crippen molar-refractivity contribution in [2.24, 2.45) is 5.92 Å². The average molecular weight is 376 g/mol. The molecule has 0 spiro atoms. The fourth-order valence-electron chi connectivity index (χ4n) is 4.73. The van der Waals surface area contributed by atoms with Crippen LogP contribution >= 0.6 is 11.6 Å². The van der Waals surface area contributed by atoms with Crippen molar-refractivity contribution in [3.8, 4) is 0 Å². The van der Waals surface area contributed by atoms with Gasteiger partial charge in [0.05, 0.1) is 21.6 Å². The highest BCUT2D eigenvalue weighted by Gasteiger charge is 2.37. The van der Waals surface area contributed by atoms with Gasteiger partial charge < -0.3 is 14.8 Å². The van der Waals surface area contributed by atoms with Crippen molar-refractivity contribution in [1.29, 1.82) is 0 Å². The van der Waals surface area contributed by atoms with Crippen LogP contribution in [-0.4, -0.2) is 30.2 Å². The Bertz CT molecular complexity index is 938. The highest BCUT2D eigenvalue weighted by atomic mass is 35.5. The van der Waals surface area contributed by atoms with Crippen LogP contribution in [0.2, 0.25) is 5.02 Å². The van der Waals surface area contributed by atoms with Gasteiger partial charge in [-0.25, -0.2) is 4.39 Å². The lowest BCUT2D eigenvalue weighted by molar-refractivity contribution is 0.340. The highest BCUT2D eigenvalue weighted by molar-refractivity contribution is 6.34. The van der Waals surface area contributed by atoms with Crippen LogP contribution in [-0.2, 0) is 0 Å². The van der Waals surface area contributed by atoms with E-state index in [1.807, 2.05) is 10.8 Å². The predicted molar refractivity (Wildman–Crippen MR) is 103 cm³/mol. The third-order valence-electron chi connectivity index (χ3n) is 6.22. The third-order valence-corrected chi connectivity index (χ3v) is 6.51. The van der Waals surface area contributed by atoms with E-state index in [9.17, 15) is 4.79 Å². The molecule has 1 aromatic heterocycles. The van der Waals surface area contributed by atoms with E-state index in [1.165, 1.54) is 12.8 Å². The Labute approximate surface area is 156 Å². The number of benzene rings is 1. The highest BCUT2D eigenvalue weighted by Crippen LogP contribution is 2.42. The van der Waals surface area contributed by atoms with Gasteiger partial charge in [0.1, 0.15) is 0 Å². The molecule has 26 heavy (non-hydrogen) atoms. The zero-order chi connectivity index (χ0) is 18.0. The van der Waals surface area contributed by atoms with Gasteiger partial charge in [0, 0.05) is 36.9 Å². The zero-order valence-corrected chi connectivity index (χ0v) is 15.7. The van der Waals surface area contributed by atoms with Crippen molar-refractivity contribution in [2.75, 3.05) is 24.5 Å². The molecular formula is C20H23ClFN3O. The van der Waals surface area contributed by atoms with Gasteiger partial charge in [0.15, 0.2) is 11.2 Å². The van der Waals surface area contributed by atoms with Crippen LogP contribution in [0.15, 0.2) is 17.1 Å². The van der Waals surface area contributed by atoms with E-state index in [4.69, 9.17) is 11.6 Å². The van der Waals surface area contributed by atoms with Crippen molar-refractivity contribution in [1.82, 2.24) is 9.88 Å². The lowest BCUT2D eigenvalue weighted by Crippen LogP contribution is -2.40. The number of nitrogens with zero attached hydrogens (tertiary/aromatic N) is 2. The summed E-state index contributed by atoms with van der Waals surface area (Å²) in [6.07, 6.45) is 6.23. The van der Waals surface area contributed by atoms with Gasteiger partial charge in [0.2, 0.25) is 0 Å². The van der Waals surface area contributed by atoms with Crippen LogP contribution in [0.4, 0.5) is 10.1 Å². The molecule has 2 unspecified atom stereocenters. The molecule has 1 N–H and O–H groups in total. The van der Waals surface area contributed by atoms with Crippen LogP contribution in [0.25, 0.3) is 10.9 Å². The fraction of sp³-hybridized carbons (Fsp3) is 0.550. The molecule has 1 aliphatic carbocycles. The van der Waals surface area contributed by atoms with Crippen LogP contribution < -0.4 is 15.6 Å². The monoisotopic (exact) mass is 375 g/mol. The molecular weight excluding hydrogens is 353 g/mol. The zero-order valence-electron chi connectivity index (χ0n) is 14.9. The number of aryl methyl sites for hydroxylation is 1. The second kappa shape index (κ2) is 5.96. The second-order valence-electron chi connectivity index (χ2n) is 8.06. The molecule has 6 heteroatoms. The fourth-order valence-corrected chi connectivity index (χ4v) is 5.04. The molecule has 138 valence electrons. The predicted octanol–water partition coefficient (Wildman–Crippen LogP) is 3.63. The molecule has 2 atom stereocenters. The Kier molecular flexibility index (Phi) is 3.80. The Morgan fingerprint density at radius 2 is 2.08 bits per heavy atom. The molecule has 3 aliphatic rings. The van der Waals surface area contributed by atoms with Crippen molar-refractivity contribution < 1.29 is 4.39 Å². The number of rotatable bonds is 2. The minimum Gasteiger partial charge on any atom is -0.366 e. The maximum absolute atomic E-state index is 15.7. The molecule has 2 saturated heterocycles. The SMILES string of the molecule is Cc1cn(C2CC2)c2c(F)c(N3CC4CCCNC4C3)c(Cl)cc2c1=O. The summed E-state index contributed by atoms with van der Waals surface area (Å²) >= 11 is 6.51. The molecule has 3 heterocycles. The number of anilines is 1. The molecule has 0 amide bonds. The summed E-state index contributed by atoms with van der Waals surface area (Å²) < 4.78 is 17.7. The van der Waals surface area contributed by atoms with Crippen LogP contribution in [0.5, 0.6) is 0 Å². The number of hydrogen-bond acceptors (Lipinski definition) is 3. The first-order valence-electron chi connectivity index (χ1n) is 9.56. The summed E-state index contributed by atoms with van der Waals surface area (Å²) in [5.74, 6) is 0.203. The van der Waals surface area contributed by atoms with Gasteiger partial charge in [0.25, 0.3) is 0 Å². The Balaban J connectivity index is 1.68. The number of aromatic nitrogens is 1. The number of nitrogens with one attached hydrogen (secondary N) is 1. The van der Waals surface area contributed by atoms with Crippen molar-refractivity contribution >= 4 is 28.2 Å². The first-order valence-corrected chi connectivity index (χ1v) is 9.94. The normalized spacial score (nSPS) is 25.7. The molecule has 0 radical (unpaired) electrons. The molecule has 2 aromatic rings. The van der Waals surface area contributed by atoms with Crippen LogP contribution in [0.1, 0.15) is 37.3 Å². The summed E-state index contributed by atoms with van der Waals surface area (Å²) in [4.78, 5) is 14.7. The van der Waals surface area contributed by atoms with Gasteiger partial charge in [-0.3, -0.25) is 4.79 Å². The number of hydrogen-bond donors (Lipinski definition) is 1. The van der Waals surface area contributed by atoms with Gasteiger partial charge in [-0.05, 0) is 51.1 Å². The number of fused-ring (bicyclic) bond motifs is 2. The topological polar surface area (TPSA) is 37.3 Å². The Hall–Kier alpha value is -1.59. The van der Waals surface area contributed by atoms with E-state index in [2.05, 4.69) is 10.2 Å². The number of halogens is 2. The summed E-state index contributed by atoms with van der Waals surface area (Å²) in [6, 6.07) is 2.38. The average Bonchev–Trinajstić information content (AvgIpc) is 3.37. The molecule has 4 nitrogen and oxygen atoms in total. The first kappa shape index (κ1) is 16.6. The minimum atomic E-state index is -0.338. The summed E-state index contributed by atoms with van der Waals surface area (Å²) in [5, 5.41) is 4.30. The summed E-state index contributed by atoms with van der Waals surface area (Å²) in [6.45, 7) is 4.41. The minimum absolute atomic E-state index is 0.124. The molecule has 5 rings (SSSR count). The van der Waals surface area contributed by atoms with E-state index in [-0.39, 0.29) is 11.2 Å². The molecule has 0 bridgehead atoms. The maximum Gasteiger partial charge on any atom is 0.192 e. The second-order valence-corrected chi connectivity index (χ2v) is 8.47. The Morgan fingerprint density at radius 1 is 1.27 bits per heavy atom. The van der Waals surface area contributed by atoms with Crippen molar-refractivity contribution in [2.45, 2.75) is 44.7 Å². The van der Waals surface area contributed by atoms with E-state index in [1.54, 1.807) is 13.0 Å². The van der Waals surface area contributed by atoms with E-state index < -0.39 is 0 Å². The van der Waals surface area contributed by atoms with E-state index in [0.717, 1.165) is 32.5 Å². The lowest BCUT2D eigenvalue weighted by Gasteiger charge is -2.24. The maximum atomic E-state index is 15.7. The van der Waals surface area contributed by atoms with Crippen LogP contribution in [0.3, 0.4) is 0 Å². The summed E-state index contributed by atoms with van der Waals surface area (Å²) in [7, 11) is 0. The number of pyridine rings is 1. The quantitative estimate of drug-likeness (QED) is 0.871. The van der Waals surface area contributed by atoms with Crippen LogP contribution in [0, 0.1) is 18.7 Å². The lowest BCUT2D eigenvalue weighted by atomic mass is 9.94. The van der Waals surface area contributed by atoms with Crippen molar-refractivity contribution in [3.63, 3.8) is 0 Å². The van der Waals surface area contributed by atoms with Gasteiger partial charge in [-0.1, -0.05) is 11.6 Å². The van der Waals surface area contributed by atoms with Gasteiger partial charge in [-0.2, -0.15) is 0 Å². The van der Waals surface area contributed by atoms with E-state index in [0.29, 0.717) is 45.2 Å². The molecule has 1 aromatic carbocycles. The van der Waals surface area contributed by atoms with Gasteiger partial charge >= 0.3 is 0 Å². The Morgan fingerprint density at radius 3 is 2.81 bits per heavy atom. The summed E-state index contributed by atoms with van der Waals surface area (Å²) in [5.41, 5.74) is 1.41. The third kappa shape index (κ3) is 2.48. The molecule has 3 fully saturated rings. The molecule has 2 aliphatic heterocycles. The standard InChI is InChI=1S/C20H23ClFN3O/c1-11-8-25(13-4-5-13)18-14(20(11)26)7-15(21)19(17(18)22)24-9-12-3-2-6-23-16(12)10-24/h7-8,12-13,16,23H,2-6,9-10H2,1H3. The number of piperidine rings is 1.